The van der Waals surface area contributed by atoms with Gasteiger partial charge >= 0.3 is 5.97 Å². The predicted octanol–water partition coefficient (Wildman–Crippen LogP) is 2.05. The second-order valence-corrected chi connectivity index (χ2v) is 3.80. The molecule has 16 heavy (non-hydrogen) atoms. The van der Waals surface area contributed by atoms with Crippen LogP contribution in [0.5, 0.6) is 5.75 Å². The third kappa shape index (κ3) is 2.82. The largest absolute Gasteiger partial charge is 0.490 e. The number of carbonyl (C=O) groups is 2. The van der Waals surface area contributed by atoms with Gasteiger partial charge in [0.25, 0.3) is 5.78 Å². The smallest absolute Gasteiger partial charge is 0.377 e. The van der Waals surface area contributed by atoms with Crippen molar-refractivity contribution in [3.8, 4) is 5.75 Å². The predicted molar refractivity (Wildman–Crippen MR) is 58.9 cm³/mol. The highest BCUT2D eigenvalue weighted by Gasteiger charge is 2.20. The van der Waals surface area contributed by atoms with E-state index in [0.29, 0.717) is 5.75 Å². The van der Waals surface area contributed by atoms with Gasteiger partial charge in [-0.3, -0.25) is 4.79 Å². The van der Waals surface area contributed by atoms with E-state index in [1.54, 1.807) is 19.1 Å². The minimum absolute atomic E-state index is 0.0983. The van der Waals surface area contributed by atoms with E-state index in [1.807, 2.05) is 13.8 Å². The molecule has 0 heterocycles. The van der Waals surface area contributed by atoms with Crippen LogP contribution >= 0.6 is 0 Å². The fraction of sp³-hybridized carbons (Fsp3) is 0.333. The number of ether oxygens (including phenoxy) is 1. The Kier molecular flexibility index (Phi) is 3.66. The van der Waals surface area contributed by atoms with E-state index in [4.69, 9.17) is 9.84 Å². The number of carboxylic acid groups (broad SMARTS) is 1. The highest BCUT2D eigenvalue weighted by molar-refractivity contribution is 6.40. The van der Waals surface area contributed by atoms with Gasteiger partial charge in [-0.2, -0.15) is 0 Å². The lowest BCUT2D eigenvalue weighted by Crippen LogP contribution is -2.16. The van der Waals surface area contributed by atoms with E-state index in [1.165, 1.54) is 6.07 Å². The number of Topliss-reactive ketones (excluding diaryl/α,β-unsaturated/α-hetero) is 1. The van der Waals surface area contributed by atoms with Gasteiger partial charge < -0.3 is 9.84 Å². The molecule has 0 aromatic heterocycles. The SMILES string of the molecule is Cc1ccc(OC(C)C)c(C(=O)C(=O)O)c1. The second-order valence-electron chi connectivity index (χ2n) is 3.80. The quantitative estimate of drug-likeness (QED) is 0.625. The molecule has 1 aromatic rings. The van der Waals surface area contributed by atoms with Crippen molar-refractivity contribution in [3.05, 3.63) is 29.3 Å². The molecule has 4 heteroatoms. The van der Waals surface area contributed by atoms with Crippen LogP contribution < -0.4 is 4.74 Å². The van der Waals surface area contributed by atoms with Gasteiger partial charge in [-0.15, -0.1) is 0 Å². The number of aliphatic carboxylic acids is 1. The standard InChI is InChI=1S/C12H14O4/c1-7(2)16-10-5-4-8(3)6-9(10)11(13)12(14)15/h4-7H,1-3H3,(H,14,15). The van der Waals surface area contributed by atoms with Crippen LogP contribution in [0.4, 0.5) is 0 Å². The van der Waals surface area contributed by atoms with Crippen LogP contribution in [0.25, 0.3) is 0 Å². The molecule has 0 saturated carbocycles. The Balaban J connectivity index is 3.17. The molecule has 1 N–H and O–H groups in total. The molecule has 0 spiro atoms. The lowest BCUT2D eigenvalue weighted by atomic mass is 10.1. The molecule has 0 fully saturated rings. The monoisotopic (exact) mass is 222 g/mol. The topological polar surface area (TPSA) is 63.6 Å². The summed E-state index contributed by atoms with van der Waals surface area (Å²) in [5, 5.41) is 8.68. The van der Waals surface area contributed by atoms with Crippen LogP contribution in [-0.4, -0.2) is 23.0 Å². The summed E-state index contributed by atoms with van der Waals surface area (Å²) >= 11 is 0. The minimum atomic E-state index is -1.47. The number of hydrogen-bond donors (Lipinski definition) is 1. The summed E-state index contributed by atoms with van der Waals surface area (Å²) in [6.45, 7) is 5.42. The Morgan fingerprint density at radius 1 is 1.31 bits per heavy atom. The van der Waals surface area contributed by atoms with Gasteiger partial charge in [0.2, 0.25) is 0 Å². The van der Waals surface area contributed by atoms with Crippen molar-refractivity contribution in [2.75, 3.05) is 0 Å². The molecule has 4 nitrogen and oxygen atoms in total. The lowest BCUT2D eigenvalue weighted by molar-refractivity contribution is -0.131. The molecule has 0 saturated heterocycles. The fourth-order valence-electron chi connectivity index (χ4n) is 1.29. The number of carbonyl (C=O) groups excluding carboxylic acids is 1. The van der Waals surface area contributed by atoms with Crippen molar-refractivity contribution in [1.29, 1.82) is 0 Å². The first kappa shape index (κ1) is 12.2. The third-order valence-electron chi connectivity index (χ3n) is 1.94. The van der Waals surface area contributed by atoms with Crippen molar-refractivity contribution < 1.29 is 19.4 Å². The molecule has 1 rings (SSSR count). The molecular weight excluding hydrogens is 208 g/mol. The molecule has 0 bridgehead atoms. The Labute approximate surface area is 93.9 Å². The van der Waals surface area contributed by atoms with Crippen molar-refractivity contribution in [2.24, 2.45) is 0 Å². The van der Waals surface area contributed by atoms with E-state index in [0.717, 1.165) is 5.56 Å². The zero-order valence-electron chi connectivity index (χ0n) is 9.48. The summed E-state index contributed by atoms with van der Waals surface area (Å²) in [7, 11) is 0. The van der Waals surface area contributed by atoms with Crippen LogP contribution in [0, 0.1) is 6.92 Å². The highest BCUT2D eigenvalue weighted by atomic mass is 16.5. The van der Waals surface area contributed by atoms with Crippen molar-refractivity contribution in [3.63, 3.8) is 0 Å². The average Bonchev–Trinajstić information content (AvgIpc) is 2.18. The van der Waals surface area contributed by atoms with Gasteiger partial charge in [-0.05, 0) is 32.9 Å². The number of benzene rings is 1. The van der Waals surface area contributed by atoms with Crippen LogP contribution in [0.3, 0.4) is 0 Å². The first-order chi connectivity index (χ1) is 7.41. The zero-order chi connectivity index (χ0) is 12.3. The van der Waals surface area contributed by atoms with E-state index in [9.17, 15) is 9.59 Å². The summed E-state index contributed by atoms with van der Waals surface area (Å²) in [6.07, 6.45) is -0.108. The molecule has 0 amide bonds. The molecule has 0 aliphatic rings. The molecule has 1 aromatic carbocycles. The molecule has 0 aliphatic heterocycles. The average molecular weight is 222 g/mol. The summed E-state index contributed by atoms with van der Waals surface area (Å²) < 4.78 is 5.39. The molecule has 0 aliphatic carbocycles. The molecule has 86 valence electrons. The van der Waals surface area contributed by atoms with Gasteiger partial charge in [0, 0.05) is 0 Å². The second kappa shape index (κ2) is 4.79. The van der Waals surface area contributed by atoms with E-state index in [2.05, 4.69) is 0 Å². The Hall–Kier alpha value is -1.84. The minimum Gasteiger partial charge on any atom is -0.490 e. The number of carboxylic acids is 1. The van der Waals surface area contributed by atoms with Gasteiger partial charge in [-0.1, -0.05) is 11.6 Å². The maximum absolute atomic E-state index is 11.4. The van der Waals surface area contributed by atoms with E-state index >= 15 is 0 Å². The number of rotatable bonds is 4. The first-order valence-electron chi connectivity index (χ1n) is 4.96. The van der Waals surface area contributed by atoms with Crippen LogP contribution in [-0.2, 0) is 4.79 Å². The van der Waals surface area contributed by atoms with Gasteiger partial charge in [-0.25, -0.2) is 4.79 Å². The Morgan fingerprint density at radius 3 is 2.44 bits per heavy atom. The van der Waals surface area contributed by atoms with Crippen molar-refractivity contribution >= 4 is 11.8 Å². The molecule has 0 unspecified atom stereocenters. The third-order valence-corrected chi connectivity index (χ3v) is 1.94. The van der Waals surface area contributed by atoms with Gasteiger partial charge in [0.15, 0.2) is 0 Å². The summed E-state index contributed by atoms with van der Waals surface area (Å²) in [6, 6.07) is 4.91. The number of ketones is 1. The summed E-state index contributed by atoms with van der Waals surface area (Å²) in [4.78, 5) is 22.1. The molecule has 0 radical (unpaired) electrons. The maximum atomic E-state index is 11.4. The molecular formula is C12H14O4. The highest BCUT2D eigenvalue weighted by Crippen LogP contribution is 2.21. The van der Waals surface area contributed by atoms with E-state index in [-0.39, 0.29) is 11.7 Å². The zero-order valence-corrected chi connectivity index (χ0v) is 9.48. The lowest BCUT2D eigenvalue weighted by Gasteiger charge is -2.13. The summed E-state index contributed by atoms with van der Waals surface area (Å²) in [5.41, 5.74) is 0.918. The number of hydrogen-bond acceptors (Lipinski definition) is 3. The summed E-state index contributed by atoms with van der Waals surface area (Å²) in [5.74, 6) is -2.11. The van der Waals surface area contributed by atoms with Crippen LogP contribution in [0.15, 0.2) is 18.2 Å². The van der Waals surface area contributed by atoms with Crippen LogP contribution in [0.2, 0.25) is 0 Å². The van der Waals surface area contributed by atoms with Crippen LogP contribution in [0.1, 0.15) is 29.8 Å². The molecule has 0 atom stereocenters. The van der Waals surface area contributed by atoms with Gasteiger partial charge in [0.05, 0.1) is 11.7 Å². The van der Waals surface area contributed by atoms with E-state index < -0.39 is 11.8 Å². The maximum Gasteiger partial charge on any atom is 0.377 e. The van der Waals surface area contributed by atoms with Gasteiger partial charge in [0.1, 0.15) is 5.75 Å². The first-order valence-corrected chi connectivity index (χ1v) is 4.96. The van der Waals surface area contributed by atoms with Crippen molar-refractivity contribution in [2.45, 2.75) is 26.9 Å². The van der Waals surface area contributed by atoms with Crippen molar-refractivity contribution in [1.82, 2.24) is 0 Å². The Bertz CT molecular complexity index is 421. The fourth-order valence-corrected chi connectivity index (χ4v) is 1.29. The number of aryl methyl sites for hydroxylation is 1. The Morgan fingerprint density at radius 2 is 1.94 bits per heavy atom. The normalized spacial score (nSPS) is 10.2.